The van der Waals surface area contributed by atoms with Gasteiger partial charge in [0.15, 0.2) is 14.6 Å². The number of rotatable bonds is 6. The molecule has 2 heterocycles. The number of carbonyl (C=O) groups excluding carboxylic acids is 2. The highest BCUT2D eigenvalue weighted by atomic mass is 32.2. The Labute approximate surface area is 179 Å². The van der Waals surface area contributed by atoms with Crippen molar-refractivity contribution in [2.24, 2.45) is 0 Å². The number of nitrogens with zero attached hydrogens (tertiary/aromatic N) is 1. The average molecular weight is 450 g/mol. The van der Waals surface area contributed by atoms with Crippen molar-refractivity contribution in [1.82, 2.24) is 15.7 Å². The van der Waals surface area contributed by atoms with Crippen molar-refractivity contribution in [2.75, 3.05) is 19.8 Å². The number of thiophene rings is 1. The van der Waals surface area contributed by atoms with Crippen LogP contribution in [-0.2, 0) is 21.2 Å². The average Bonchev–Trinajstić information content (AvgIpc) is 3.28. The molecule has 2 aliphatic rings. The molecule has 0 unspecified atom stereocenters. The molecular weight excluding hydrogens is 426 g/mol. The first kappa shape index (κ1) is 22.3. The summed E-state index contributed by atoms with van der Waals surface area (Å²) in [5.74, 6) is 10.5. The zero-order valence-corrected chi connectivity index (χ0v) is 18.6. The second-order valence-electron chi connectivity index (χ2n) is 7.72. The van der Waals surface area contributed by atoms with Gasteiger partial charge in [0, 0.05) is 19.3 Å². The number of fused-ring (bicyclic) bond motifs is 1. The largest absolute Gasteiger partial charge is 0.333 e. The van der Waals surface area contributed by atoms with Gasteiger partial charge in [-0.15, -0.1) is 11.3 Å². The van der Waals surface area contributed by atoms with Crippen LogP contribution in [0.15, 0.2) is 6.07 Å². The van der Waals surface area contributed by atoms with Crippen LogP contribution in [0, 0.1) is 23.7 Å². The van der Waals surface area contributed by atoms with Crippen LogP contribution in [0.5, 0.6) is 0 Å². The summed E-state index contributed by atoms with van der Waals surface area (Å²) in [6, 6.07) is 1.84. The van der Waals surface area contributed by atoms with E-state index in [-0.39, 0.29) is 24.4 Å². The Kier molecular flexibility index (Phi) is 5.99. The first-order chi connectivity index (χ1) is 14.0. The summed E-state index contributed by atoms with van der Waals surface area (Å²) >= 11 is 1.28. The highest BCUT2D eigenvalue weighted by Crippen LogP contribution is 2.34. The molecule has 0 spiro atoms. The van der Waals surface area contributed by atoms with Crippen LogP contribution in [0.4, 0.5) is 0 Å². The van der Waals surface area contributed by atoms with Gasteiger partial charge in [-0.1, -0.05) is 5.92 Å². The summed E-state index contributed by atoms with van der Waals surface area (Å²) in [7, 11) is -1.93. The molecule has 0 bridgehead atoms. The molecule has 8 nitrogen and oxygen atoms in total. The van der Waals surface area contributed by atoms with Crippen molar-refractivity contribution < 1.29 is 23.2 Å². The summed E-state index contributed by atoms with van der Waals surface area (Å²) < 4.78 is 22.3. The van der Waals surface area contributed by atoms with E-state index in [4.69, 9.17) is 5.21 Å². The van der Waals surface area contributed by atoms with Crippen LogP contribution in [0.25, 0.3) is 0 Å². The number of carbonyl (C=O) groups is 2. The van der Waals surface area contributed by atoms with E-state index in [1.807, 2.05) is 13.1 Å². The molecule has 3 rings (SSSR count). The van der Waals surface area contributed by atoms with E-state index in [2.05, 4.69) is 29.0 Å². The molecule has 1 aromatic heterocycles. The molecule has 0 radical (unpaired) electrons. The van der Waals surface area contributed by atoms with E-state index in [1.54, 1.807) is 0 Å². The van der Waals surface area contributed by atoms with Gasteiger partial charge in [0.1, 0.15) is 0 Å². The van der Waals surface area contributed by atoms with Gasteiger partial charge in [0.25, 0.3) is 11.8 Å². The molecule has 10 heteroatoms. The van der Waals surface area contributed by atoms with Crippen molar-refractivity contribution in [3.8, 4) is 23.7 Å². The molecule has 30 heavy (non-hydrogen) atoms. The highest BCUT2D eigenvalue weighted by Gasteiger charge is 2.44. The molecule has 2 amide bonds. The molecule has 1 aliphatic carbocycles. The van der Waals surface area contributed by atoms with Crippen molar-refractivity contribution in [1.29, 1.82) is 0 Å². The van der Waals surface area contributed by atoms with Gasteiger partial charge in [0.05, 0.1) is 15.3 Å². The van der Waals surface area contributed by atoms with E-state index >= 15 is 0 Å². The van der Waals surface area contributed by atoms with Crippen LogP contribution >= 0.6 is 11.3 Å². The quantitative estimate of drug-likeness (QED) is 0.331. The fourth-order valence-corrected chi connectivity index (χ4v) is 4.97. The Morgan fingerprint density at radius 1 is 1.40 bits per heavy atom. The van der Waals surface area contributed by atoms with E-state index in [1.165, 1.54) is 28.6 Å². The Bertz CT molecular complexity index is 1110. The Hall–Kier alpha value is -2.37. The topological polar surface area (TPSA) is 116 Å². The number of sulfone groups is 1. The van der Waals surface area contributed by atoms with E-state index in [9.17, 15) is 18.0 Å². The fraction of sp³-hybridized carbons (Fsp3) is 0.500. The summed E-state index contributed by atoms with van der Waals surface area (Å²) in [6.45, 7) is 1.62. The summed E-state index contributed by atoms with van der Waals surface area (Å²) in [6.07, 6.45) is 2.84. The number of hydrogen-bond donors (Lipinski definition) is 3. The molecular formula is C20H23N3O5S2. The molecule has 0 aromatic carbocycles. The van der Waals surface area contributed by atoms with E-state index < -0.39 is 20.5 Å². The molecule has 1 saturated carbocycles. The second kappa shape index (κ2) is 8.05. The van der Waals surface area contributed by atoms with Crippen molar-refractivity contribution >= 4 is 33.0 Å². The zero-order valence-electron chi connectivity index (χ0n) is 17.0. The minimum Gasteiger partial charge on any atom is -0.333 e. The van der Waals surface area contributed by atoms with Crippen molar-refractivity contribution in [3.05, 3.63) is 21.4 Å². The SMILES string of the molecule is CNC1(C#CC#Cc2cc3c(s2)C(=O)N(CC[C@](C)(C(=O)NO)S(C)(=O)=O)C3)CC1. The van der Waals surface area contributed by atoms with Gasteiger partial charge >= 0.3 is 0 Å². The smallest absolute Gasteiger partial charge is 0.264 e. The normalized spacial score (nSPS) is 18.4. The number of hydroxylamine groups is 1. The maximum absolute atomic E-state index is 12.7. The third-order valence-electron chi connectivity index (χ3n) is 5.69. The lowest BCUT2D eigenvalue weighted by atomic mass is 10.1. The predicted molar refractivity (Wildman–Crippen MR) is 113 cm³/mol. The van der Waals surface area contributed by atoms with Crippen LogP contribution in [0.1, 0.15) is 46.3 Å². The monoisotopic (exact) mass is 449 g/mol. The van der Waals surface area contributed by atoms with Crippen molar-refractivity contribution in [3.63, 3.8) is 0 Å². The molecule has 3 N–H and O–H groups in total. The highest BCUT2D eigenvalue weighted by molar-refractivity contribution is 7.92. The standard InChI is InChI=1S/C20H23N3O5S2/c1-19(18(25)22-26,30(3,27)28)10-11-23-13-14-12-15(29-16(14)17(23)24)6-4-5-7-20(21-2)8-9-20/h12,21,26H,8-11,13H2,1-3H3,(H,22,25)/t19-/m1/s1. The third kappa shape index (κ3) is 4.23. The summed E-state index contributed by atoms with van der Waals surface area (Å²) in [4.78, 5) is 27.4. The lowest BCUT2D eigenvalue weighted by Gasteiger charge is -2.27. The Morgan fingerprint density at radius 3 is 2.63 bits per heavy atom. The number of amides is 2. The lowest BCUT2D eigenvalue weighted by Crippen LogP contribution is -2.50. The first-order valence-electron chi connectivity index (χ1n) is 9.33. The van der Waals surface area contributed by atoms with Crippen LogP contribution in [0.3, 0.4) is 0 Å². The zero-order chi connectivity index (χ0) is 22.2. The van der Waals surface area contributed by atoms with Gasteiger partial charge < -0.3 is 10.2 Å². The van der Waals surface area contributed by atoms with Gasteiger partial charge in [-0.05, 0) is 62.6 Å². The van der Waals surface area contributed by atoms with Crippen LogP contribution < -0.4 is 10.8 Å². The molecule has 0 saturated heterocycles. The summed E-state index contributed by atoms with van der Waals surface area (Å²) in [5, 5.41) is 12.1. The molecule has 1 aromatic rings. The maximum Gasteiger partial charge on any atom is 0.264 e. The van der Waals surface area contributed by atoms with Gasteiger partial charge in [-0.25, -0.2) is 13.9 Å². The minimum atomic E-state index is -3.81. The van der Waals surface area contributed by atoms with Crippen LogP contribution in [-0.4, -0.2) is 60.5 Å². The van der Waals surface area contributed by atoms with Gasteiger partial charge in [-0.2, -0.15) is 0 Å². The third-order valence-corrected chi connectivity index (χ3v) is 8.80. The summed E-state index contributed by atoms with van der Waals surface area (Å²) in [5.41, 5.74) is 2.15. The van der Waals surface area contributed by atoms with Crippen LogP contribution in [0.2, 0.25) is 0 Å². The maximum atomic E-state index is 12.7. The van der Waals surface area contributed by atoms with E-state index in [0.717, 1.165) is 29.5 Å². The molecule has 1 atom stereocenters. The van der Waals surface area contributed by atoms with E-state index in [0.29, 0.717) is 11.4 Å². The Morgan fingerprint density at radius 2 is 2.10 bits per heavy atom. The fourth-order valence-electron chi connectivity index (χ4n) is 3.13. The first-order valence-corrected chi connectivity index (χ1v) is 12.0. The molecule has 1 fully saturated rings. The second-order valence-corrected chi connectivity index (χ2v) is 11.2. The van der Waals surface area contributed by atoms with Crippen molar-refractivity contribution in [2.45, 2.75) is 43.0 Å². The lowest BCUT2D eigenvalue weighted by molar-refractivity contribution is -0.131. The molecule has 160 valence electrons. The molecule has 1 aliphatic heterocycles. The number of hydrogen-bond acceptors (Lipinski definition) is 7. The van der Waals surface area contributed by atoms with Gasteiger partial charge in [-0.3, -0.25) is 14.8 Å². The predicted octanol–water partition coefficient (Wildman–Crippen LogP) is 0.510. The Balaban J connectivity index is 1.66. The van der Waals surface area contributed by atoms with Gasteiger partial charge in [0.2, 0.25) is 0 Å². The minimum absolute atomic E-state index is 0.0653. The number of nitrogens with one attached hydrogen (secondary N) is 2.